The molecule has 23 heavy (non-hydrogen) atoms. The molecular formula is C14H21N5O4. The van der Waals surface area contributed by atoms with Gasteiger partial charge < -0.3 is 30.9 Å². The fourth-order valence-corrected chi connectivity index (χ4v) is 3.79. The normalized spacial score (nSPS) is 44.4. The van der Waals surface area contributed by atoms with Crippen LogP contribution in [0.2, 0.25) is 0 Å². The SMILES string of the molecule is CCN1C=C(CNC2C(O)C(O)C3OC23)C2C(=O)NC(N)=NC21. The van der Waals surface area contributed by atoms with Crippen molar-refractivity contribution in [3.8, 4) is 0 Å². The third kappa shape index (κ3) is 2.23. The highest BCUT2D eigenvalue weighted by Crippen LogP contribution is 2.39. The molecule has 1 saturated carbocycles. The standard InChI is InChI=1S/C14H21N5O4/c1-2-19-4-5(6-12(19)17-14(15)18-13(6)22)3-16-7-8(20)9(21)11-10(7)23-11/h4,6-12,16,20-21H,2-3H2,1H3,(H3,15,17,18,22). The molecule has 3 heterocycles. The number of nitrogens with two attached hydrogens (primary N) is 1. The molecule has 1 amide bonds. The Morgan fingerprint density at radius 1 is 1.43 bits per heavy atom. The van der Waals surface area contributed by atoms with Crippen molar-refractivity contribution < 1.29 is 19.7 Å². The van der Waals surface area contributed by atoms with Crippen LogP contribution < -0.4 is 16.4 Å². The Morgan fingerprint density at radius 2 is 2.22 bits per heavy atom. The molecule has 0 aromatic rings. The fraction of sp³-hybridized carbons (Fsp3) is 0.714. The first kappa shape index (κ1) is 14.9. The van der Waals surface area contributed by atoms with Crippen LogP contribution in [0.3, 0.4) is 0 Å². The number of rotatable bonds is 4. The van der Waals surface area contributed by atoms with Gasteiger partial charge in [-0.25, -0.2) is 4.99 Å². The van der Waals surface area contributed by atoms with Crippen LogP contribution in [-0.4, -0.2) is 76.7 Å². The van der Waals surface area contributed by atoms with Gasteiger partial charge in [-0.05, 0) is 12.5 Å². The molecule has 3 aliphatic heterocycles. The molecule has 0 radical (unpaired) electrons. The molecule has 0 aromatic heterocycles. The van der Waals surface area contributed by atoms with Gasteiger partial charge in [-0.1, -0.05) is 0 Å². The molecule has 126 valence electrons. The molecule has 0 bridgehead atoms. The van der Waals surface area contributed by atoms with Crippen molar-refractivity contribution in [2.45, 2.75) is 43.5 Å². The summed E-state index contributed by atoms with van der Waals surface area (Å²) in [6.07, 6.45) is -0.525. The van der Waals surface area contributed by atoms with Gasteiger partial charge in [-0.2, -0.15) is 0 Å². The monoisotopic (exact) mass is 323 g/mol. The molecule has 0 spiro atoms. The summed E-state index contributed by atoms with van der Waals surface area (Å²) in [6.45, 7) is 3.12. The molecule has 0 aromatic carbocycles. The van der Waals surface area contributed by atoms with E-state index in [0.717, 1.165) is 5.57 Å². The average Bonchev–Trinajstić information content (AvgIpc) is 3.15. The topological polar surface area (TPSA) is 136 Å². The minimum absolute atomic E-state index is 0.140. The molecule has 2 fully saturated rings. The molecule has 1 saturated heterocycles. The number of carbonyl (C=O) groups is 1. The summed E-state index contributed by atoms with van der Waals surface area (Å²) < 4.78 is 5.33. The molecular weight excluding hydrogens is 302 g/mol. The van der Waals surface area contributed by atoms with Gasteiger partial charge >= 0.3 is 0 Å². The van der Waals surface area contributed by atoms with Crippen LogP contribution in [-0.2, 0) is 9.53 Å². The molecule has 4 rings (SSSR count). The number of aliphatic hydroxyl groups excluding tert-OH is 2. The van der Waals surface area contributed by atoms with Gasteiger partial charge in [-0.15, -0.1) is 0 Å². The average molecular weight is 323 g/mol. The van der Waals surface area contributed by atoms with Crippen LogP contribution in [0, 0.1) is 5.92 Å². The van der Waals surface area contributed by atoms with Gasteiger partial charge in [0.05, 0.1) is 6.04 Å². The number of amides is 1. The highest BCUT2D eigenvalue weighted by molar-refractivity contribution is 6.01. The number of epoxide rings is 1. The quantitative estimate of drug-likeness (QED) is 0.349. The largest absolute Gasteiger partial charge is 0.389 e. The third-order valence-corrected chi connectivity index (χ3v) is 5.05. The van der Waals surface area contributed by atoms with E-state index in [1.54, 1.807) is 0 Å². The van der Waals surface area contributed by atoms with Crippen molar-refractivity contribution in [1.82, 2.24) is 15.5 Å². The Labute approximate surface area is 133 Å². The highest BCUT2D eigenvalue weighted by atomic mass is 16.6. The number of guanidine groups is 1. The predicted molar refractivity (Wildman–Crippen MR) is 80.0 cm³/mol. The Bertz CT molecular complexity index is 594. The van der Waals surface area contributed by atoms with E-state index >= 15 is 0 Å². The van der Waals surface area contributed by atoms with Crippen LogP contribution in [0.1, 0.15) is 6.92 Å². The maximum Gasteiger partial charge on any atom is 0.238 e. The molecule has 4 aliphatic rings. The van der Waals surface area contributed by atoms with E-state index < -0.39 is 18.1 Å². The Morgan fingerprint density at radius 3 is 2.87 bits per heavy atom. The number of fused-ring (bicyclic) bond motifs is 2. The summed E-state index contributed by atoms with van der Waals surface area (Å²) in [5.41, 5.74) is 6.53. The second-order valence-corrected chi connectivity index (χ2v) is 6.38. The van der Waals surface area contributed by atoms with E-state index in [9.17, 15) is 15.0 Å². The number of hydrogen-bond acceptors (Lipinski definition) is 8. The van der Waals surface area contributed by atoms with Crippen molar-refractivity contribution in [3.05, 3.63) is 11.8 Å². The van der Waals surface area contributed by atoms with E-state index in [1.807, 2.05) is 18.0 Å². The van der Waals surface area contributed by atoms with Gasteiger partial charge in [0.1, 0.15) is 36.5 Å². The lowest BCUT2D eigenvalue weighted by atomic mass is 9.97. The first-order valence-corrected chi connectivity index (χ1v) is 7.86. The summed E-state index contributed by atoms with van der Waals surface area (Å²) >= 11 is 0. The maximum absolute atomic E-state index is 12.3. The maximum atomic E-state index is 12.3. The van der Waals surface area contributed by atoms with Crippen LogP contribution in [0.5, 0.6) is 0 Å². The smallest absolute Gasteiger partial charge is 0.238 e. The number of hydrogen-bond donors (Lipinski definition) is 5. The first-order chi connectivity index (χ1) is 11.0. The van der Waals surface area contributed by atoms with E-state index in [-0.39, 0.29) is 36.3 Å². The second-order valence-electron chi connectivity index (χ2n) is 6.38. The zero-order chi connectivity index (χ0) is 16.3. The van der Waals surface area contributed by atoms with Crippen LogP contribution in [0.25, 0.3) is 0 Å². The number of aliphatic imine (C=N–C) groups is 1. The minimum atomic E-state index is -0.854. The van der Waals surface area contributed by atoms with Crippen molar-refractivity contribution in [2.24, 2.45) is 16.6 Å². The van der Waals surface area contributed by atoms with E-state index in [2.05, 4.69) is 15.6 Å². The fourth-order valence-electron chi connectivity index (χ4n) is 3.79. The molecule has 9 heteroatoms. The van der Waals surface area contributed by atoms with Crippen LogP contribution in [0.4, 0.5) is 0 Å². The molecule has 7 atom stereocenters. The second kappa shape index (κ2) is 5.17. The Kier molecular flexibility index (Phi) is 3.34. The first-order valence-electron chi connectivity index (χ1n) is 7.86. The van der Waals surface area contributed by atoms with Crippen LogP contribution in [0.15, 0.2) is 16.8 Å². The molecule has 6 N–H and O–H groups in total. The number of ether oxygens (including phenoxy) is 1. The Hall–Kier alpha value is -1.68. The minimum Gasteiger partial charge on any atom is -0.389 e. The van der Waals surface area contributed by atoms with E-state index in [0.29, 0.717) is 13.1 Å². The summed E-state index contributed by atoms with van der Waals surface area (Å²) in [6, 6.07) is -0.328. The summed E-state index contributed by atoms with van der Waals surface area (Å²) in [5, 5.41) is 25.6. The van der Waals surface area contributed by atoms with Gasteiger partial charge in [0.25, 0.3) is 0 Å². The third-order valence-electron chi connectivity index (χ3n) is 5.05. The number of nitrogens with zero attached hydrogens (tertiary/aromatic N) is 2. The lowest BCUT2D eigenvalue weighted by molar-refractivity contribution is -0.124. The summed E-state index contributed by atoms with van der Waals surface area (Å²) in [5.74, 6) is -0.422. The number of aliphatic hydroxyl groups is 2. The molecule has 7 unspecified atom stereocenters. The van der Waals surface area contributed by atoms with Crippen LogP contribution >= 0.6 is 0 Å². The van der Waals surface area contributed by atoms with Gasteiger partial charge in [0, 0.05) is 19.3 Å². The van der Waals surface area contributed by atoms with Gasteiger partial charge in [0.2, 0.25) is 5.91 Å². The van der Waals surface area contributed by atoms with Crippen molar-refractivity contribution in [3.63, 3.8) is 0 Å². The number of carbonyl (C=O) groups excluding carboxylic acids is 1. The zero-order valence-electron chi connectivity index (χ0n) is 12.7. The Balaban J connectivity index is 1.47. The zero-order valence-corrected chi connectivity index (χ0v) is 12.7. The molecule has 1 aliphatic carbocycles. The summed E-state index contributed by atoms with van der Waals surface area (Å²) in [4.78, 5) is 18.6. The predicted octanol–water partition coefficient (Wildman–Crippen LogP) is -2.95. The summed E-state index contributed by atoms with van der Waals surface area (Å²) in [7, 11) is 0. The van der Waals surface area contributed by atoms with Crippen molar-refractivity contribution in [1.29, 1.82) is 0 Å². The lowest BCUT2D eigenvalue weighted by Crippen LogP contribution is -2.52. The van der Waals surface area contributed by atoms with E-state index in [4.69, 9.17) is 10.5 Å². The van der Waals surface area contributed by atoms with Crippen molar-refractivity contribution in [2.75, 3.05) is 13.1 Å². The van der Waals surface area contributed by atoms with E-state index in [1.165, 1.54) is 0 Å². The van der Waals surface area contributed by atoms with Gasteiger partial charge in [0.15, 0.2) is 5.96 Å². The molecule has 9 nitrogen and oxygen atoms in total. The van der Waals surface area contributed by atoms with Crippen molar-refractivity contribution >= 4 is 11.9 Å². The van der Waals surface area contributed by atoms with Gasteiger partial charge in [-0.3, -0.25) is 10.1 Å². The highest BCUT2D eigenvalue weighted by Gasteiger charge is 2.61. The number of nitrogens with one attached hydrogen (secondary N) is 2. The lowest BCUT2D eigenvalue weighted by Gasteiger charge is -2.29.